The number of likely N-dealkylation sites (tertiary alicyclic amines) is 1. The SMILES string of the molecule is C=CC(=O)CC1[C@H]2CN(C(=O)OC(C)(C)C)C[C@@H]12. The number of piperidine rings is 1. The van der Waals surface area contributed by atoms with Crippen LogP contribution < -0.4 is 0 Å². The second kappa shape index (κ2) is 4.41. The van der Waals surface area contributed by atoms with Crippen molar-refractivity contribution in [1.29, 1.82) is 0 Å². The molecule has 3 atom stereocenters. The molecule has 2 fully saturated rings. The highest BCUT2D eigenvalue weighted by atomic mass is 16.6. The Morgan fingerprint density at radius 2 is 1.89 bits per heavy atom. The van der Waals surface area contributed by atoms with E-state index in [-0.39, 0.29) is 11.9 Å². The Morgan fingerprint density at radius 3 is 2.33 bits per heavy atom. The molecule has 100 valence electrons. The molecule has 1 aliphatic heterocycles. The summed E-state index contributed by atoms with van der Waals surface area (Å²) in [5, 5.41) is 0. The minimum absolute atomic E-state index is 0.109. The maximum Gasteiger partial charge on any atom is 0.410 e. The Balaban J connectivity index is 1.79. The number of carbonyl (C=O) groups is 2. The van der Waals surface area contributed by atoms with E-state index >= 15 is 0 Å². The number of allylic oxidation sites excluding steroid dienone is 1. The molecule has 0 aromatic rings. The molecular weight excluding hydrogens is 230 g/mol. The highest BCUT2D eigenvalue weighted by Crippen LogP contribution is 2.53. The smallest absolute Gasteiger partial charge is 0.410 e. The number of fused-ring (bicyclic) bond motifs is 1. The van der Waals surface area contributed by atoms with Crippen molar-refractivity contribution >= 4 is 11.9 Å². The molecule has 1 saturated carbocycles. The van der Waals surface area contributed by atoms with E-state index in [9.17, 15) is 9.59 Å². The zero-order valence-corrected chi connectivity index (χ0v) is 11.3. The molecular formula is C14H21NO3. The Labute approximate surface area is 108 Å². The van der Waals surface area contributed by atoms with E-state index in [1.807, 2.05) is 20.8 Å². The van der Waals surface area contributed by atoms with Crippen LogP contribution in [-0.2, 0) is 9.53 Å². The standard InChI is InChI=1S/C14H21NO3/c1-5-9(16)6-10-11-7-15(8-12(10)11)13(17)18-14(2,3)4/h5,10-12H,1,6-8H2,2-4H3/t10?,11-,12+. The molecule has 18 heavy (non-hydrogen) atoms. The Kier molecular flexibility index (Phi) is 3.21. The zero-order valence-electron chi connectivity index (χ0n) is 11.3. The summed E-state index contributed by atoms with van der Waals surface area (Å²) in [4.78, 5) is 24.9. The van der Waals surface area contributed by atoms with Crippen LogP contribution in [0.4, 0.5) is 4.79 Å². The lowest BCUT2D eigenvalue weighted by Crippen LogP contribution is -2.37. The van der Waals surface area contributed by atoms with E-state index in [2.05, 4.69) is 6.58 Å². The van der Waals surface area contributed by atoms with Crippen molar-refractivity contribution in [2.75, 3.05) is 13.1 Å². The molecule has 2 rings (SSSR count). The topological polar surface area (TPSA) is 46.6 Å². The van der Waals surface area contributed by atoms with Gasteiger partial charge in [-0.3, -0.25) is 4.79 Å². The predicted octanol–water partition coefficient (Wildman–Crippen LogP) is 2.24. The summed E-state index contributed by atoms with van der Waals surface area (Å²) >= 11 is 0. The summed E-state index contributed by atoms with van der Waals surface area (Å²) in [5.41, 5.74) is -0.442. The molecule has 1 amide bonds. The highest BCUT2D eigenvalue weighted by molar-refractivity contribution is 5.89. The summed E-state index contributed by atoms with van der Waals surface area (Å²) in [7, 11) is 0. The molecule has 4 nitrogen and oxygen atoms in total. The highest BCUT2D eigenvalue weighted by Gasteiger charge is 2.57. The van der Waals surface area contributed by atoms with Crippen LogP contribution in [0.5, 0.6) is 0 Å². The average molecular weight is 251 g/mol. The molecule has 0 radical (unpaired) electrons. The first-order valence-electron chi connectivity index (χ1n) is 6.45. The Hall–Kier alpha value is -1.32. The van der Waals surface area contributed by atoms with Crippen molar-refractivity contribution in [3.63, 3.8) is 0 Å². The van der Waals surface area contributed by atoms with Crippen LogP contribution in [-0.4, -0.2) is 35.5 Å². The van der Waals surface area contributed by atoms with Crippen LogP contribution in [0.1, 0.15) is 27.2 Å². The van der Waals surface area contributed by atoms with Crippen LogP contribution in [0.15, 0.2) is 12.7 Å². The quantitative estimate of drug-likeness (QED) is 0.723. The first-order valence-corrected chi connectivity index (χ1v) is 6.45. The number of carbonyl (C=O) groups excluding carboxylic acids is 2. The van der Waals surface area contributed by atoms with Crippen LogP contribution >= 0.6 is 0 Å². The number of nitrogens with zero attached hydrogens (tertiary/aromatic N) is 1. The average Bonchev–Trinajstić information content (AvgIpc) is 2.73. The van der Waals surface area contributed by atoms with E-state index in [1.54, 1.807) is 4.90 Å². The lowest BCUT2D eigenvalue weighted by molar-refractivity contribution is -0.115. The fourth-order valence-corrected chi connectivity index (χ4v) is 2.74. The summed E-state index contributed by atoms with van der Waals surface area (Å²) in [6.45, 7) is 10.6. The van der Waals surface area contributed by atoms with Crippen molar-refractivity contribution in [2.45, 2.75) is 32.8 Å². The first kappa shape index (κ1) is 13.1. The van der Waals surface area contributed by atoms with Crippen molar-refractivity contribution < 1.29 is 14.3 Å². The molecule has 0 spiro atoms. The molecule has 0 bridgehead atoms. The Morgan fingerprint density at radius 1 is 1.33 bits per heavy atom. The van der Waals surface area contributed by atoms with Crippen LogP contribution in [0, 0.1) is 17.8 Å². The molecule has 1 heterocycles. The van der Waals surface area contributed by atoms with Crippen molar-refractivity contribution in [1.82, 2.24) is 4.90 Å². The van der Waals surface area contributed by atoms with Gasteiger partial charge >= 0.3 is 6.09 Å². The van der Waals surface area contributed by atoms with E-state index < -0.39 is 5.60 Å². The van der Waals surface area contributed by atoms with Crippen molar-refractivity contribution in [2.24, 2.45) is 17.8 Å². The van der Waals surface area contributed by atoms with Crippen LogP contribution in [0.3, 0.4) is 0 Å². The molecule has 0 aromatic heterocycles. The third-order valence-electron chi connectivity index (χ3n) is 3.69. The summed E-state index contributed by atoms with van der Waals surface area (Å²) in [6, 6.07) is 0. The summed E-state index contributed by atoms with van der Waals surface area (Å²) in [6.07, 6.45) is 1.74. The fourth-order valence-electron chi connectivity index (χ4n) is 2.74. The van der Waals surface area contributed by atoms with Gasteiger partial charge in [0.25, 0.3) is 0 Å². The van der Waals surface area contributed by atoms with E-state index in [0.717, 1.165) is 13.1 Å². The number of ketones is 1. The van der Waals surface area contributed by atoms with Gasteiger partial charge in [-0.1, -0.05) is 6.58 Å². The minimum atomic E-state index is -0.442. The van der Waals surface area contributed by atoms with Gasteiger partial charge in [-0.15, -0.1) is 0 Å². The van der Waals surface area contributed by atoms with Gasteiger partial charge in [0.1, 0.15) is 5.60 Å². The predicted molar refractivity (Wildman–Crippen MR) is 68.1 cm³/mol. The monoisotopic (exact) mass is 251 g/mol. The van der Waals surface area contributed by atoms with Gasteiger partial charge in [0.2, 0.25) is 0 Å². The third kappa shape index (κ3) is 2.74. The van der Waals surface area contributed by atoms with Crippen molar-refractivity contribution in [3.05, 3.63) is 12.7 Å². The molecule has 1 aliphatic carbocycles. The number of hydrogen-bond acceptors (Lipinski definition) is 3. The number of amides is 1. The molecule has 1 unspecified atom stereocenters. The van der Waals surface area contributed by atoms with E-state index in [4.69, 9.17) is 4.74 Å². The first-order chi connectivity index (χ1) is 8.31. The zero-order chi connectivity index (χ0) is 13.5. The van der Waals surface area contributed by atoms with Crippen LogP contribution in [0.2, 0.25) is 0 Å². The second-order valence-corrected chi connectivity index (χ2v) is 6.25. The maximum absolute atomic E-state index is 11.8. The van der Waals surface area contributed by atoms with E-state index in [0.29, 0.717) is 24.2 Å². The van der Waals surface area contributed by atoms with Crippen LogP contribution in [0.25, 0.3) is 0 Å². The summed E-state index contributed by atoms with van der Waals surface area (Å²) < 4.78 is 5.33. The van der Waals surface area contributed by atoms with Gasteiger partial charge in [-0.05, 0) is 44.6 Å². The van der Waals surface area contributed by atoms with Gasteiger partial charge in [0.05, 0.1) is 0 Å². The fraction of sp³-hybridized carbons (Fsp3) is 0.714. The molecule has 1 saturated heterocycles. The van der Waals surface area contributed by atoms with E-state index in [1.165, 1.54) is 6.08 Å². The lowest BCUT2D eigenvalue weighted by Gasteiger charge is -2.25. The lowest BCUT2D eigenvalue weighted by atomic mass is 10.1. The second-order valence-electron chi connectivity index (χ2n) is 6.25. The van der Waals surface area contributed by atoms with Gasteiger partial charge in [-0.2, -0.15) is 0 Å². The molecule has 0 N–H and O–H groups in total. The van der Waals surface area contributed by atoms with Crippen molar-refractivity contribution in [3.8, 4) is 0 Å². The Bertz CT molecular complexity index is 371. The number of rotatable bonds is 3. The van der Waals surface area contributed by atoms with Gasteiger partial charge < -0.3 is 9.64 Å². The largest absolute Gasteiger partial charge is 0.444 e. The third-order valence-corrected chi connectivity index (χ3v) is 3.69. The minimum Gasteiger partial charge on any atom is -0.444 e. The molecule has 2 aliphatic rings. The normalized spacial score (nSPS) is 29.7. The number of hydrogen-bond donors (Lipinski definition) is 0. The molecule has 4 heteroatoms. The summed E-state index contributed by atoms with van der Waals surface area (Å²) in [5.74, 6) is 1.54. The maximum atomic E-state index is 11.8. The van der Waals surface area contributed by atoms with Gasteiger partial charge in [0.15, 0.2) is 5.78 Å². The van der Waals surface area contributed by atoms with Gasteiger partial charge in [-0.25, -0.2) is 4.79 Å². The number of ether oxygens (including phenoxy) is 1. The molecule has 0 aromatic carbocycles. The van der Waals surface area contributed by atoms with Gasteiger partial charge in [0, 0.05) is 19.5 Å².